The molecule has 60 valence electrons. The van der Waals surface area contributed by atoms with Crippen molar-refractivity contribution in [3.8, 4) is 0 Å². The number of esters is 1. The summed E-state index contributed by atoms with van der Waals surface area (Å²) >= 11 is 0. The van der Waals surface area contributed by atoms with Crippen LogP contribution in [-0.4, -0.2) is 23.0 Å². The van der Waals surface area contributed by atoms with Gasteiger partial charge in [-0.1, -0.05) is 0 Å². The van der Waals surface area contributed by atoms with Crippen LogP contribution in [0, 0.1) is 6.92 Å². The molecule has 0 aliphatic carbocycles. The summed E-state index contributed by atoms with van der Waals surface area (Å²) in [5, 5.41) is 3.68. The van der Waals surface area contributed by atoms with Crippen LogP contribution in [0.15, 0.2) is 6.20 Å². The Kier molecular flexibility index (Phi) is 1.80. The molecule has 0 bridgehead atoms. The monoisotopic (exact) mass is 155 g/mol. The largest absolute Gasteiger partial charge is 0.464 e. The number of carbonyl (C=O) groups is 1. The number of nitrogens with two attached hydrogens (primary N) is 1. The summed E-state index contributed by atoms with van der Waals surface area (Å²) in [6.07, 6.45) is 1.51. The minimum atomic E-state index is -0.470. The van der Waals surface area contributed by atoms with Crippen molar-refractivity contribution in [1.82, 2.24) is 9.89 Å². The highest BCUT2D eigenvalue weighted by Crippen LogP contribution is 2.04. The lowest BCUT2D eigenvalue weighted by molar-refractivity contribution is 0.0588. The van der Waals surface area contributed by atoms with Gasteiger partial charge in [-0.3, -0.25) is 0 Å². The Morgan fingerprint density at radius 1 is 1.82 bits per heavy atom. The SMILES string of the molecule is COC(=O)c1c(C)cnn1N. The van der Waals surface area contributed by atoms with E-state index in [0.717, 1.165) is 4.79 Å². The van der Waals surface area contributed by atoms with Crippen LogP contribution in [0.5, 0.6) is 0 Å². The number of hydrogen-bond donors (Lipinski definition) is 1. The molecule has 0 unspecified atom stereocenters. The Balaban J connectivity index is 3.10. The van der Waals surface area contributed by atoms with Gasteiger partial charge in [0.1, 0.15) is 0 Å². The number of ether oxygens (including phenoxy) is 1. The van der Waals surface area contributed by atoms with E-state index in [0.29, 0.717) is 5.56 Å². The van der Waals surface area contributed by atoms with Crippen LogP contribution in [-0.2, 0) is 4.74 Å². The molecule has 0 fully saturated rings. The summed E-state index contributed by atoms with van der Waals surface area (Å²) in [4.78, 5) is 12.0. The number of nitrogen functional groups attached to an aromatic ring is 1. The van der Waals surface area contributed by atoms with Gasteiger partial charge in [0.25, 0.3) is 0 Å². The van der Waals surface area contributed by atoms with Crippen LogP contribution in [0.3, 0.4) is 0 Å². The number of nitrogens with zero attached hydrogens (tertiary/aromatic N) is 2. The second-order valence-corrected chi connectivity index (χ2v) is 2.11. The van der Waals surface area contributed by atoms with Gasteiger partial charge in [-0.25, -0.2) is 4.79 Å². The predicted molar refractivity (Wildman–Crippen MR) is 38.5 cm³/mol. The second kappa shape index (κ2) is 2.61. The Morgan fingerprint density at radius 3 is 2.82 bits per heavy atom. The molecular weight excluding hydrogens is 146 g/mol. The van der Waals surface area contributed by atoms with Gasteiger partial charge in [0.15, 0.2) is 5.69 Å². The van der Waals surface area contributed by atoms with Gasteiger partial charge in [0, 0.05) is 5.56 Å². The lowest BCUT2D eigenvalue weighted by atomic mass is 10.3. The van der Waals surface area contributed by atoms with E-state index in [1.165, 1.54) is 13.3 Å². The van der Waals surface area contributed by atoms with Gasteiger partial charge in [0.2, 0.25) is 0 Å². The molecule has 0 saturated carbocycles. The molecule has 0 aliphatic rings. The van der Waals surface area contributed by atoms with Gasteiger partial charge in [0.05, 0.1) is 13.3 Å². The van der Waals surface area contributed by atoms with Crippen molar-refractivity contribution in [3.05, 3.63) is 17.5 Å². The van der Waals surface area contributed by atoms with E-state index in [9.17, 15) is 4.79 Å². The van der Waals surface area contributed by atoms with E-state index in [-0.39, 0.29) is 5.69 Å². The first-order chi connectivity index (χ1) is 5.16. The van der Waals surface area contributed by atoms with Gasteiger partial charge < -0.3 is 10.6 Å². The fourth-order valence-electron chi connectivity index (χ4n) is 0.800. The van der Waals surface area contributed by atoms with Gasteiger partial charge in [-0.2, -0.15) is 9.89 Å². The summed E-state index contributed by atoms with van der Waals surface area (Å²) in [5.41, 5.74) is 0.992. The summed E-state index contributed by atoms with van der Waals surface area (Å²) in [5.74, 6) is 4.85. The standard InChI is InChI=1S/C6H9N3O2/c1-4-3-8-9(7)5(4)6(10)11-2/h3H,7H2,1-2H3. The number of methoxy groups -OCH3 is 1. The molecule has 1 aromatic heterocycles. The molecule has 0 spiro atoms. The zero-order chi connectivity index (χ0) is 8.43. The molecule has 0 amide bonds. The van der Waals surface area contributed by atoms with E-state index in [4.69, 9.17) is 5.84 Å². The normalized spacial score (nSPS) is 9.64. The number of hydrogen-bond acceptors (Lipinski definition) is 4. The fraction of sp³-hybridized carbons (Fsp3) is 0.333. The molecule has 0 saturated heterocycles. The topological polar surface area (TPSA) is 70.1 Å². The summed E-state index contributed by atoms with van der Waals surface area (Å²) in [6, 6.07) is 0. The van der Waals surface area contributed by atoms with Crippen LogP contribution < -0.4 is 5.84 Å². The zero-order valence-corrected chi connectivity index (χ0v) is 6.37. The Morgan fingerprint density at radius 2 is 2.45 bits per heavy atom. The first-order valence-electron chi connectivity index (χ1n) is 3.05. The minimum absolute atomic E-state index is 0.285. The molecular formula is C6H9N3O2. The molecule has 11 heavy (non-hydrogen) atoms. The molecule has 5 nitrogen and oxygen atoms in total. The van der Waals surface area contributed by atoms with E-state index < -0.39 is 5.97 Å². The molecule has 1 aromatic rings. The smallest absolute Gasteiger partial charge is 0.358 e. The second-order valence-electron chi connectivity index (χ2n) is 2.11. The molecule has 0 radical (unpaired) electrons. The molecule has 0 aliphatic heterocycles. The number of carbonyl (C=O) groups excluding carboxylic acids is 1. The van der Waals surface area contributed by atoms with Crippen LogP contribution in [0.25, 0.3) is 0 Å². The number of aromatic nitrogens is 2. The van der Waals surface area contributed by atoms with Crippen LogP contribution in [0.2, 0.25) is 0 Å². The highest BCUT2D eigenvalue weighted by atomic mass is 16.5. The average Bonchev–Trinajstić information content (AvgIpc) is 2.30. The van der Waals surface area contributed by atoms with E-state index in [1.54, 1.807) is 6.92 Å². The lowest BCUT2D eigenvalue weighted by Crippen LogP contribution is -2.19. The maximum atomic E-state index is 11.0. The van der Waals surface area contributed by atoms with Crippen molar-refractivity contribution >= 4 is 5.97 Å². The Hall–Kier alpha value is -1.52. The highest BCUT2D eigenvalue weighted by molar-refractivity contribution is 5.88. The Bertz CT molecular complexity index is 260. The van der Waals surface area contributed by atoms with Crippen LogP contribution >= 0.6 is 0 Å². The van der Waals surface area contributed by atoms with Crippen LogP contribution in [0.4, 0.5) is 0 Å². The summed E-state index contributed by atoms with van der Waals surface area (Å²) in [6.45, 7) is 1.74. The van der Waals surface area contributed by atoms with Crippen LogP contribution in [0.1, 0.15) is 16.1 Å². The Labute approximate surface area is 63.7 Å². The van der Waals surface area contributed by atoms with Crippen molar-refractivity contribution in [3.63, 3.8) is 0 Å². The predicted octanol–water partition coefficient (Wildman–Crippen LogP) is -0.308. The lowest BCUT2D eigenvalue weighted by Gasteiger charge is -1.99. The first kappa shape index (κ1) is 7.59. The third-order valence-electron chi connectivity index (χ3n) is 1.36. The van der Waals surface area contributed by atoms with Gasteiger partial charge in [-0.15, -0.1) is 0 Å². The van der Waals surface area contributed by atoms with Gasteiger partial charge in [-0.05, 0) is 6.92 Å². The third kappa shape index (κ3) is 1.17. The molecule has 1 rings (SSSR count). The minimum Gasteiger partial charge on any atom is -0.464 e. The van der Waals surface area contributed by atoms with Crippen molar-refractivity contribution in [2.75, 3.05) is 13.0 Å². The number of rotatable bonds is 1. The maximum Gasteiger partial charge on any atom is 0.358 e. The summed E-state index contributed by atoms with van der Waals surface area (Å²) in [7, 11) is 1.30. The zero-order valence-electron chi connectivity index (χ0n) is 6.37. The molecule has 0 aromatic carbocycles. The van der Waals surface area contributed by atoms with Crippen molar-refractivity contribution in [2.45, 2.75) is 6.92 Å². The average molecular weight is 155 g/mol. The molecule has 5 heteroatoms. The molecule has 2 N–H and O–H groups in total. The van der Waals surface area contributed by atoms with E-state index in [2.05, 4.69) is 9.84 Å². The molecule has 0 atom stereocenters. The summed E-state index contributed by atoms with van der Waals surface area (Å²) < 4.78 is 4.48. The maximum absolute atomic E-state index is 11.0. The quantitative estimate of drug-likeness (QED) is 0.446. The third-order valence-corrected chi connectivity index (χ3v) is 1.36. The highest BCUT2D eigenvalue weighted by Gasteiger charge is 2.14. The van der Waals surface area contributed by atoms with Gasteiger partial charge >= 0.3 is 5.97 Å². The molecule has 1 heterocycles. The van der Waals surface area contributed by atoms with Crippen molar-refractivity contribution in [2.24, 2.45) is 0 Å². The fourth-order valence-corrected chi connectivity index (χ4v) is 0.800. The van der Waals surface area contributed by atoms with Crippen molar-refractivity contribution < 1.29 is 9.53 Å². The first-order valence-corrected chi connectivity index (χ1v) is 3.05. The number of aryl methyl sites for hydroxylation is 1. The van der Waals surface area contributed by atoms with Crippen molar-refractivity contribution in [1.29, 1.82) is 0 Å². The van der Waals surface area contributed by atoms with E-state index in [1.807, 2.05) is 0 Å². The van der Waals surface area contributed by atoms with E-state index >= 15 is 0 Å².